The van der Waals surface area contributed by atoms with Crippen molar-refractivity contribution in [3.05, 3.63) is 23.3 Å². The van der Waals surface area contributed by atoms with Gasteiger partial charge in [0.15, 0.2) is 14.1 Å². The van der Waals surface area contributed by atoms with E-state index < -0.39 is 16.6 Å². The minimum atomic E-state index is -1.67. The highest BCUT2D eigenvalue weighted by Crippen LogP contribution is 2.62. The molecule has 0 N–H and O–H groups in total. The largest absolute Gasteiger partial charge is 0.542 e. The van der Waals surface area contributed by atoms with Gasteiger partial charge in [-0.05, 0) is 113 Å². The maximum atomic E-state index is 6.73. The van der Waals surface area contributed by atoms with Crippen molar-refractivity contribution in [2.45, 2.75) is 96.8 Å². The van der Waals surface area contributed by atoms with Crippen LogP contribution in [0.1, 0.15) is 56.1 Å². The zero-order valence-corrected chi connectivity index (χ0v) is 22.4. The second-order valence-electron chi connectivity index (χ2n) is 12.1. The predicted molar refractivity (Wildman–Crippen MR) is 130 cm³/mol. The van der Waals surface area contributed by atoms with Gasteiger partial charge in [-0.1, -0.05) is 13.0 Å². The molecule has 3 unspecified atom stereocenters. The lowest BCUT2D eigenvalue weighted by atomic mass is 9.55. The van der Waals surface area contributed by atoms with Crippen LogP contribution < -0.4 is 9.16 Å². The molecule has 3 nitrogen and oxygen atoms in total. The van der Waals surface area contributed by atoms with Crippen molar-refractivity contribution < 1.29 is 13.6 Å². The lowest BCUT2D eigenvalue weighted by Crippen LogP contribution is -2.47. The maximum absolute atomic E-state index is 6.73. The number of hydrogen-bond acceptors (Lipinski definition) is 3. The first kappa shape index (κ1) is 22.4. The summed E-state index contributed by atoms with van der Waals surface area (Å²) in [5.41, 5.74) is 3.33. The summed E-state index contributed by atoms with van der Waals surface area (Å²) in [5.74, 6) is 4.23. The highest BCUT2D eigenvalue weighted by Gasteiger charge is 2.56. The third-order valence-electron chi connectivity index (χ3n) is 7.85. The molecule has 1 aromatic rings. The van der Waals surface area contributed by atoms with Gasteiger partial charge in [-0.15, -0.1) is 0 Å². The molecular formula is C25H42O3Si2. The van der Waals surface area contributed by atoms with Crippen LogP contribution in [0.15, 0.2) is 12.1 Å². The number of rotatable bonds is 5. The van der Waals surface area contributed by atoms with E-state index in [0.717, 1.165) is 29.8 Å². The van der Waals surface area contributed by atoms with Crippen LogP contribution in [0.25, 0.3) is 0 Å². The fourth-order valence-electron chi connectivity index (χ4n) is 6.82. The minimum absolute atomic E-state index is 0.365. The van der Waals surface area contributed by atoms with Gasteiger partial charge >= 0.3 is 0 Å². The first-order valence-corrected chi connectivity index (χ1v) is 18.8. The molecule has 0 bridgehead atoms. The van der Waals surface area contributed by atoms with Gasteiger partial charge in [-0.3, -0.25) is 0 Å². The fraction of sp³-hybridized carbons (Fsp3) is 0.760. The van der Waals surface area contributed by atoms with Crippen molar-refractivity contribution in [3.8, 4) is 11.5 Å². The Kier molecular flexibility index (Phi) is 5.72. The van der Waals surface area contributed by atoms with E-state index in [-0.39, 0.29) is 0 Å². The molecule has 5 atom stereocenters. The first-order valence-electron chi connectivity index (χ1n) is 12.0. The van der Waals surface area contributed by atoms with E-state index in [9.17, 15) is 0 Å². The summed E-state index contributed by atoms with van der Waals surface area (Å²) >= 11 is 0. The van der Waals surface area contributed by atoms with E-state index in [0.29, 0.717) is 17.4 Å². The van der Waals surface area contributed by atoms with Gasteiger partial charge in [0.25, 0.3) is 0 Å². The molecule has 0 aromatic heterocycles. The van der Waals surface area contributed by atoms with Crippen molar-refractivity contribution in [1.29, 1.82) is 0 Å². The van der Waals surface area contributed by atoms with Crippen LogP contribution in [0.5, 0.6) is 11.5 Å². The topological polar surface area (TPSA) is 27.7 Å². The standard InChI is InChI=1S/C25H42O3Si2/c1-25-16-15-18-17-11-13-22(27-29(3,4)5)24(26-2)20(17)10-9-19(18)21(25)12-14-23(25)28-30(6,7)8/h11,13,18-19,21,23H,9-10,12,14-16H2,1-8H3/t18?,19?,21?,23-,25-/m0/s1. The molecule has 2 saturated carbocycles. The average Bonchev–Trinajstić information content (AvgIpc) is 2.95. The molecule has 2 fully saturated rings. The number of fused-ring (bicyclic) bond motifs is 5. The summed E-state index contributed by atoms with van der Waals surface area (Å²) in [6.07, 6.45) is 8.05. The van der Waals surface area contributed by atoms with Crippen molar-refractivity contribution in [1.82, 2.24) is 0 Å². The molecule has 168 valence electrons. The number of benzene rings is 1. The molecule has 0 saturated heterocycles. The quantitative estimate of drug-likeness (QED) is 0.456. The van der Waals surface area contributed by atoms with Gasteiger partial charge in [0.05, 0.1) is 13.2 Å². The molecule has 3 aliphatic carbocycles. The highest BCUT2D eigenvalue weighted by atomic mass is 28.4. The summed E-state index contributed by atoms with van der Waals surface area (Å²) in [5, 5.41) is 0. The molecule has 0 aliphatic heterocycles. The Labute approximate surface area is 186 Å². The summed E-state index contributed by atoms with van der Waals surface area (Å²) < 4.78 is 19.0. The SMILES string of the molecule is COc1c(O[Si](C)(C)C)ccc2c1CCC1C2CC[C@@]2(C)C1CC[C@@H]2O[Si](C)(C)C. The molecular weight excluding hydrogens is 404 g/mol. The lowest BCUT2D eigenvalue weighted by molar-refractivity contribution is -0.0142. The third-order valence-corrected chi connectivity index (χ3v) is 9.68. The van der Waals surface area contributed by atoms with Crippen LogP contribution in [-0.2, 0) is 10.8 Å². The van der Waals surface area contributed by atoms with Gasteiger partial charge in [-0.2, -0.15) is 0 Å². The van der Waals surface area contributed by atoms with Gasteiger partial charge < -0.3 is 13.6 Å². The Bertz CT molecular complexity index is 795. The van der Waals surface area contributed by atoms with Crippen molar-refractivity contribution in [2.24, 2.45) is 17.3 Å². The van der Waals surface area contributed by atoms with Gasteiger partial charge in [0, 0.05) is 5.56 Å². The van der Waals surface area contributed by atoms with Crippen LogP contribution >= 0.6 is 0 Å². The van der Waals surface area contributed by atoms with Crippen LogP contribution in [0.2, 0.25) is 39.3 Å². The van der Waals surface area contributed by atoms with E-state index in [1.54, 1.807) is 5.56 Å². The third kappa shape index (κ3) is 4.02. The monoisotopic (exact) mass is 446 g/mol. The summed E-state index contributed by atoms with van der Waals surface area (Å²) in [6, 6.07) is 4.57. The van der Waals surface area contributed by atoms with Gasteiger partial charge in [0.2, 0.25) is 8.32 Å². The maximum Gasteiger partial charge on any atom is 0.242 e. The Morgan fingerprint density at radius 1 is 0.933 bits per heavy atom. The van der Waals surface area contributed by atoms with Crippen molar-refractivity contribution in [2.75, 3.05) is 7.11 Å². The average molecular weight is 447 g/mol. The Hall–Kier alpha value is -0.786. The Morgan fingerprint density at radius 3 is 2.30 bits per heavy atom. The van der Waals surface area contributed by atoms with Crippen LogP contribution in [0.3, 0.4) is 0 Å². The number of hydrogen-bond donors (Lipinski definition) is 0. The minimum Gasteiger partial charge on any atom is -0.542 e. The molecule has 4 rings (SSSR count). The zero-order chi connectivity index (χ0) is 21.9. The van der Waals surface area contributed by atoms with E-state index in [1.807, 2.05) is 7.11 Å². The lowest BCUT2D eigenvalue weighted by Gasteiger charge is -2.51. The first-order chi connectivity index (χ1) is 13.9. The second kappa shape index (κ2) is 7.66. The zero-order valence-electron chi connectivity index (χ0n) is 20.4. The molecule has 0 heterocycles. The van der Waals surface area contributed by atoms with E-state index in [4.69, 9.17) is 13.6 Å². The van der Waals surface area contributed by atoms with Gasteiger partial charge in [-0.25, -0.2) is 0 Å². The smallest absolute Gasteiger partial charge is 0.242 e. The summed E-state index contributed by atoms with van der Waals surface area (Å²) in [6.45, 7) is 16.3. The summed E-state index contributed by atoms with van der Waals surface area (Å²) in [7, 11) is -1.37. The molecule has 0 radical (unpaired) electrons. The molecule has 1 aromatic carbocycles. The molecule has 0 spiro atoms. The predicted octanol–water partition coefficient (Wildman–Crippen LogP) is 6.99. The molecule has 3 aliphatic rings. The van der Waals surface area contributed by atoms with Gasteiger partial charge in [0.1, 0.15) is 5.75 Å². The van der Waals surface area contributed by atoms with Crippen LogP contribution in [-0.4, -0.2) is 29.8 Å². The molecule has 0 amide bonds. The molecule has 5 heteroatoms. The second-order valence-corrected chi connectivity index (χ2v) is 21.0. The normalized spacial score (nSPS) is 33.5. The van der Waals surface area contributed by atoms with Crippen LogP contribution in [0.4, 0.5) is 0 Å². The Morgan fingerprint density at radius 2 is 1.67 bits per heavy atom. The van der Waals surface area contributed by atoms with E-state index in [1.165, 1.54) is 37.7 Å². The summed E-state index contributed by atoms with van der Waals surface area (Å²) in [4.78, 5) is 0. The fourth-order valence-corrected chi connectivity index (χ4v) is 8.88. The highest BCUT2D eigenvalue weighted by molar-refractivity contribution is 6.70. The van der Waals surface area contributed by atoms with Crippen LogP contribution in [0, 0.1) is 17.3 Å². The van der Waals surface area contributed by atoms with Crippen molar-refractivity contribution in [3.63, 3.8) is 0 Å². The number of ether oxygens (including phenoxy) is 1. The Balaban J connectivity index is 1.62. The molecule has 30 heavy (non-hydrogen) atoms. The number of methoxy groups -OCH3 is 1. The van der Waals surface area contributed by atoms with E-state index in [2.05, 4.69) is 58.3 Å². The van der Waals surface area contributed by atoms with Crippen molar-refractivity contribution >= 4 is 16.6 Å². The van der Waals surface area contributed by atoms with E-state index >= 15 is 0 Å².